The Morgan fingerprint density at radius 3 is 1.32 bits per heavy atom. The summed E-state index contributed by atoms with van der Waals surface area (Å²) in [5.74, 6) is -2.67. The fraction of sp³-hybridized carbons (Fsp3) is 0.390. The Hall–Kier alpha value is -5.62. The van der Waals surface area contributed by atoms with E-state index in [1.165, 1.54) is 73.1 Å². The van der Waals surface area contributed by atoms with Gasteiger partial charge in [-0.05, 0) is 46.3 Å². The molecule has 6 aromatic rings. The maximum absolute atomic E-state index is 12.9. The third-order valence-corrected chi connectivity index (χ3v) is 28.8. The van der Waals surface area contributed by atoms with Crippen LogP contribution in [-0.4, -0.2) is 145 Å². The van der Waals surface area contributed by atoms with Crippen LogP contribution >= 0.6 is 39.1 Å². The molecule has 0 atom stereocenters. The van der Waals surface area contributed by atoms with Gasteiger partial charge in [0, 0.05) is 99.0 Å². The molecule has 414 valence electrons. The minimum atomic E-state index is -1.85. The first kappa shape index (κ1) is 65.7. The van der Waals surface area contributed by atoms with E-state index in [0.717, 1.165) is 0 Å². The van der Waals surface area contributed by atoms with E-state index in [9.17, 15) is 28.8 Å². The van der Waals surface area contributed by atoms with Gasteiger partial charge in [-0.3, -0.25) is 33.8 Å². The number of aromatic nitrogens is 4. The summed E-state index contributed by atoms with van der Waals surface area (Å²) in [7, 11) is 0. The monoisotopic (exact) mass is 1260 g/mol. The van der Waals surface area contributed by atoms with Crippen molar-refractivity contribution >= 4 is 121 Å². The number of hydrogen-bond acceptors (Lipinski definition) is 8. The average molecular weight is 1260 g/mol. The molecule has 0 spiro atoms. The molecule has 0 aliphatic carbocycles. The van der Waals surface area contributed by atoms with Gasteiger partial charge in [-0.15, -0.1) is 0 Å². The first-order chi connectivity index (χ1) is 35.7. The Kier molecular flexibility index (Phi) is 27.0. The van der Waals surface area contributed by atoms with Crippen LogP contribution in [0.15, 0.2) is 107 Å². The molecular weight excluding hydrogens is 1190 g/mol. The molecule has 0 saturated carbocycles. The van der Waals surface area contributed by atoms with Crippen LogP contribution in [0.3, 0.4) is 0 Å². The maximum Gasteiger partial charge on any atom is 0.295 e. The zero-order valence-corrected chi connectivity index (χ0v) is 48.4. The topological polar surface area (TPSA) is 173 Å². The van der Waals surface area contributed by atoms with Crippen molar-refractivity contribution in [2.45, 2.75) is 94.9 Å². The van der Waals surface area contributed by atoms with Crippen LogP contribution in [0.2, 0.25) is 23.4 Å². The SMILES string of the molecule is C.C.C.C=Cc1ncc(Cl)c2c(C(=O)C(=O)N3CCN(C(=O)c4ccccc4)CC3)c[nH]c12.C=[CH][Sn]([CH2]CCC)([CH2]CCC)[CH2]CCC.O=C(C(=O)N1CCN(C(=O)c2ccccc2)CC1)c1c[nH]c2c(Br)ncc(Cl)c12. The number of carbonyl (C=O) groups excluding carboxylic acids is 6. The first-order valence-corrected chi connectivity index (χ1v) is 34.6. The number of H-pyrrole nitrogens is 2. The molecule has 0 unspecified atom stereocenters. The summed E-state index contributed by atoms with van der Waals surface area (Å²) in [5, 5.41) is 1.49. The van der Waals surface area contributed by atoms with Crippen LogP contribution in [-0.2, 0) is 9.59 Å². The van der Waals surface area contributed by atoms with Crippen LogP contribution in [0, 0.1) is 0 Å². The smallest absolute Gasteiger partial charge is 0.295 e. The summed E-state index contributed by atoms with van der Waals surface area (Å²) in [6.45, 7) is 17.5. The van der Waals surface area contributed by atoms with Crippen LogP contribution in [0.1, 0.15) is 129 Å². The van der Waals surface area contributed by atoms with Crippen molar-refractivity contribution in [2.24, 2.45) is 0 Å². The van der Waals surface area contributed by atoms with E-state index < -0.39 is 41.8 Å². The van der Waals surface area contributed by atoms with E-state index in [1.807, 2.05) is 36.4 Å². The second kappa shape index (κ2) is 31.7. The fourth-order valence-electron chi connectivity index (χ4n) is 9.26. The molecule has 2 aliphatic rings. The Bertz CT molecular complexity index is 2930. The molecule has 8 rings (SSSR count). The van der Waals surface area contributed by atoms with Crippen LogP contribution in [0.25, 0.3) is 27.9 Å². The quantitative estimate of drug-likeness (QED) is 0.0393. The van der Waals surface area contributed by atoms with Gasteiger partial charge in [-0.2, -0.15) is 0 Å². The fourth-order valence-corrected chi connectivity index (χ4v) is 23.1. The number of benzene rings is 2. The van der Waals surface area contributed by atoms with Gasteiger partial charge in [0.15, 0.2) is 0 Å². The molecule has 4 amide bonds. The number of carbonyl (C=O) groups is 6. The summed E-state index contributed by atoms with van der Waals surface area (Å²) < 4.78 is 7.67. The number of rotatable bonds is 17. The molecule has 6 heterocycles. The van der Waals surface area contributed by atoms with Gasteiger partial charge in [0.05, 0.1) is 37.9 Å². The number of nitrogens with zero attached hydrogens (tertiary/aromatic N) is 6. The third kappa shape index (κ3) is 16.2. The molecule has 2 aromatic carbocycles. The van der Waals surface area contributed by atoms with E-state index in [1.54, 1.807) is 53.5 Å². The number of hydrogen-bond donors (Lipinski definition) is 2. The summed E-state index contributed by atoms with van der Waals surface area (Å²) in [6, 6.07) is 18.0. The molecule has 2 N–H and O–H groups in total. The van der Waals surface area contributed by atoms with Crippen molar-refractivity contribution in [3.05, 3.63) is 145 Å². The second-order valence-electron chi connectivity index (χ2n) is 18.4. The predicted molar refractivity (Wildman–Crippen MR) is 322 cm³/mol. The number of halogens is 3. The van der Waals surface area contributed by atoms with Gasteiger partial charge < -0.3 is 29.6 Å². The maximum atomic E-state index is 12.9. The molecule has 14 nitrogen and oxygen atoms in total. The zero-order chi connectivity index (χ0) is 53.4. The van der Waals surface area contributed by atoms with E-state index in [2.05, 4.69) is 73.9 Å². The number of pyridine rings is 2. The number of Topliss-reactive ketones (excluding diaryl/α,β-unsaturated/α-hetero) is 2. The minimum absolute atomic E-state index is 0. The molecule has 2 aliphatic heterocycles. The molecule has 2 fully saturated rings. The van der Waals surface area contributed by atoms with Crippen molar-refractivity contribution in [1.82, 2.24) is 39.5 Å². The number of unbranched alkanes of at least 4 members (excludes halogenated alkanes) is 3. The van der Waals surface area contributed by atoms with Crippen molar-refractivity contribution in [3.63, 3.8) is 0 Å². The van der Waals surface area contributed by atoms with E-state index in [4.69, 9.17) is 23.2 Å². The Morgan fingerprint density at radius 2 is 0.948 bits per heavy atom. The molecule has 4 aromatic heterocycles. The van der Waals surface area contributed by atoms with Gasteiger partial charge in [-0.25, -0.2) is 4.98 Å². The van der Waals surface area contributed by atoms with E-state index in [-0.39, 0.29) is 50.2 Å². The number of ketones is 2. The van der Waals surface area contributed by atoms with Gasteiger partial charge in [0.25, 0.3) is 35.2 Å². The number of nitrogens with one attached hydrogen (secondary N) is 2. The van der Waals surface area contributed by atoms with E-state index in [0.29, 0.717) is 101 Å². The Balaban J connectivity index is 0.000000315. The van der Waals surface area contributed by atoms with Crippen LogP contribution in [0.5, 0.6) is 0 Å². The predicted octanol–water partition coefficient (Wildman–Crippen LogP) is 13.6. The summed E-state index contributed by atoms with van der Waals surface area (Å²) in [4.78, 5) is 96.9. The summed E-state index contributed by atoms with van der Waals surface area (Å²) in [6.07, 6.45) is 15.8. The molecule has 18 heteroatoms. The van der Waals surface area contributed by atoms with Crippen molar-refractivity contribution in [1.29, 1.82) is 0 Å². The van der Waals surface area contributed by atoms with Gasteiger partial charge >= 0.3 is 102 Å². The van der Waals surface area contributed by atoms with E-state index >= 15 is 0 Å². The van der Waals surface area contributed by atoms with Gasteiger partial charge in [0.1, 0.15) is 4.60 Å². The third-order valence-electron chi connectivity index (χ3n) is 13.6. The van der Waals surface area contributed by atoms with Crippen molar-refractivity contribution in [3.8, 4) is 0 Å². The molecule has 0 bridgehead atoms. The second-order valence-corrected chi connectivity index (χ2v) is 33.2. The Morgan fingerprint density at radius 1 is 0.584 bits per heavy atom. The summed E-state index contributed by atoms with van der Waals surface area (Å²) in [5.41, 5.74) is 3.30. The molecular formula is C59H77BrCl2N8O6Sn. The zero-order valence-electron chi connectivity index (χ0n) is 42.4. The first-order valence-electron chi connectivity index (χ1n) is 25.3. The van der Waals surface area contributed by atoms with Crippen LogP contribution < -0.4 is 0 Å². The van der Waals surface area contributed by atoms with Crippen molar-refractivity contribution < 1.29 is 28.8 Å². The summed E-state index contributed by atoms with van der Waals surface area (Å²) >= 11 is 13.9. The minimum Gasteiger partial charge on any atom is -0.358 e. The van der Waals surface area contributed by atoms with Crippen LogP contribution in [0.4, 0.5) is 0 Å². The molecule has 2 saturated heterocycles. The normalized spacial score (nSPS) is 13.1. The Labute approximate surface area is 478 Å². The molecule has 77 heavy (non-hydrogen) atoms. The molecule has 0 radical (unpaired) electrons. The number of piperazine rings is 2. The largest absolute Gasteiger partial charge is 0.358 e. The average Bonchev–Trinajstić information content (AvgIpc) is 4.12. The van der Waals surface area contributed by atoms with Gasteiger partial charge in [-0.1, -0.05) is 88.5 Å². The van der Waals surface area contributed by atoms with Crippen molar-refractivity contribution in [2.75, 3.05) is 52.4 Å². The number of amides is 4. The standard InChI is InChI=1S/C22H19ClN4O3.C20H16BrClN4O3.3C4H9.C2H3.3CH4.Sn/c1-2-17-19-18(16(23)13-24-17)15(12-25-19)20(28)22(30)27-10-8-26(9-11-27)21(29)14-6-4-3-5-7-14;21-18-16-15(14(22)11-24-18)13(10-23-16)17(27)20(29)26-8-6-25(7-9-26)19(28)12-4-2-1-3-5-12;3*1-3-4-2;1-2;;;;/h2-7,12-13,25H,1,8-11H2;1-5,10-11,23H,6-9H2;3*1,3-4H2,2H3;1H,2H2;3*1H4;. The van der Waals surface area contributed by atoms with Gasteiger partial charge in [0.2, 0.25) is 0 Å². The number of aromatic amines is 2. The number of fused-ring (bicyclic) bond motifs is 2.